The summed E-state index contributed by atoms with van der Waals surface area (Å²) in [6.45, 7) is 2.31. The van der Waals surface area contributed by atoms with Crippen molar-refractivity contribution >= 4 is 38.1 Å². The largest absolute Gasteiger partial charge is 0.506 e. The fourth-order valence-electron chi connectivity index (χ4n) is 2.47. The van der Waals surface area contributed by atoms with Crippen LogP contribution in [0.4, 0.5) is 10.8 Å². The van der Waals surface area contributed by atoms with Crippen molar-refractivity contribution in [2.24, 2.45) is 0 Å². The Morgan fingerprint density at radius 3 is 2.93 bits per heavy atom. The van der Waals surface area contributed by atoms with E-state index in [-0.39, 0.29) is 22.5 Å². The minimum Gasteiger partial charge on any atom is -0.506 e. The summed E-state index contributed by atoms with van der Waals surface area (Å²) in [6.07, 6.45) is 5.96. The fourth-order valence-corrected chi connectivity index (χ4v) is 3.90. The molecule has 27 heavy (non-hydrogen) atoms. The van der Waals surface area contributed by atoms with Crippen molar-refractivity contribution in [3.8, 4) is 10.8 Å². The minimum absolute atomic E-state index is 0.0348. The molecule has 0 fully saturated rings. The average molecular weight is 453 g/mol. The summed E-state index contributed by atoms with van der Waals surface area (Å²) in [6, 6.07) is 2.62. The molecule has 142 valence electrons. The first-order chi connectivity index (χ1) is 13.0. The summed E-state index contributed by atoms with van der Waals surface area (Å²) in [7, 11) is 0. The van der Waals surface area contributed by atoms with Crippen LogP contribution in [0.5, 0.6) is 5.75 Å². The predicted molar refractivity (Wildman–Crippen MR) is 105 cm³/mol. The van der Waals surface area contributed by atoms with Crippen LogP contribution in [0.15, 0.2) is 29.3 Å². The summed E-state index contributed by atoms with van der Waals surface area (Å²) >= 11 is 4.57. The molecule has 2 aromatic heterocycles. The van der Waals surface area contributed by atoms with E-state index in [1.54, 1.807) is 11.0 Å². The molecule has 0 radical (unpaired) electrons. The van der Waals surface area contributed by atoms with Crippen LogP contribution in [0.2, 0.25) is 0 Å². The van der Waals surface area contributed by atoms with Crippen LogP contribution >= 0.6 is 27.3 Å². The molecule has 2 heterocycles. The molecule has 0 saturated carbocycles. The van der Waals surface area contributed by atoms with E-state index in [1.807, 2.05) is 0 Å². The van der Waals surface area contributed by atoms with E-state index in [0.717, 1.165) is 30.0 Å². The lowest BCUT2D eigenvalue weighted by Crippen LogP contribution is -2.01. The van der Waals surface area contributed by atoms with Gasteiger partial charge in [-0.2, -0.15) is 5.10 Å². The van der Waals surface area contributed by atoms with Gasteiger partial charge >= 0.3 is 0 Å². The van der Waals surface area contributed by atoms with Crippen molar-refractivity contribution in [3.63, 3.8) is 0 Å². The Morgan fingerprint density at radius 2 is 2.26 bits per heavy atom. The number of thiazole rings is 1. The second kappa shape index (κ2) is 8.44. The van der Waals surface area contributed by atoms with E-state index >= 15 is 0 Å². The normalized spacial score (nSPS) is 10.9. The maximum atomic E-state index is 11.0. The van der Waals surface area contributed by atoms with Gasteiger partial charge in [-0.15, -0.1) is 0 Å². The number of nitro groups is 1. The molecule has 0 spiro atoms. The van der Waals surface area contributed by atoms with Crippen LogP contribution < -0.4 is 5.32 Å². The molecule has 3 aromatic rings. The Bertz CT molecular complexity index is 944. The van der Waals surface area contributed by atoms with Gasteiger partial charge in [-0.1, -0.05) is 24.7 Å². The molecule has 0 aliphatic heterocycles. The van der Waals surface area contributed by atoms with Crippen LogP contribution in [-0.4, -0.2) is 29.8 Å². The molecule has 0 unspecified atom stereocenters. The molecule has 9 nitrogen and oxygen atoms in total. The van der Waals surface area contributed by atoms with Gasteiger partial charge in [0, 0.05) is 24.2 Å². The van der Waals surface area contributed by atoms with Crippen LogP contribution in [0.25, 0.3) is 5.00 Å². The standard InChI is InChI=1S/C16H17BrN6O3S/c1-2-3-4-13-15(22-9-18-8-20-22)27-16(21-13)19-7-10-5-11(23(25)26)6-12(17)14(10)24/h5-6,8-9,24H,2-4,7H2,1H3,(H,19,21). The number of hydrogen-bond donors (Lipinski definition) is 2. The maximum absolute atomic E-state index is 11.0. The number of aromatic hydroxyl groups is 1. The van der Waals surface area contributed by atoms with Crippen molar-refractivity contribution in [1.29, 1.82) is 0 Å². The van der Waals surface area contributed by atoms with Crippen LogP contribution in [-0.2, 0) is 13.0 Å². The quantitative estimate of drug-likeness (QED) is 0.390. The van der Waals surface area contributed by atoms with Crippen molar-refractivity contribution in [3.05, 3.63) is 50.6 Å². The highest BCUT2D eigenvalue weighted by Gasteiger charge is 2.17. The molecule has 0 aliphatic rings. The zero-order chi connectivity index (χ0) is 19.4. The lowest BCUT2D eigenvalue weighted by atomic mass is 10.2. The number of nitro benzene ring substituents is 1. The highest BCUT2D eigenvalue weighted by atomic mass is 79.9. The third kappa shape index (κ3) is 4.42. The van der Waals surface area contributed by atoms with E-state index in [2.05, 4.69) is 43.2 Å². The molecule has 0 bridgehead atoms. The first-order valence-electron chi connectivity index (χ1n) is 8.24. The summed E-state index contributed by atoms with van der Waals surface area (Å²) in [4.78, 5) is 19.1. The Kier molecular flexibility index (Phi) is 6.01. The number of aromatic nitrogens is 4. The number of unbranched alkanes of at least 4 members (excludes halogenated alkanes) is 1. The number of nitrogens with zero attached hydrogens (tertiary/aromatic N) is 5. The number of anilines is 1. The van der Waals surface area contributed by atoms with Gasteiger partial charge in [0.05, 0.1) is 15.1 Å². The van der Waals surface area contributed by atoms with E-state index in [1.165, 1.54) is 29.8 Å². The highest BCUT2D eigenvalue weighted by Crippen LogP contribution is 2.34. The van der Waals surface area contributed by atoms with Gasteiger partial charge in [0.1, 0.15) is 23.4 Å². The highest BCUT2D eigenvalue weighted by molar-refractivity contribution is 9.10. The number of halogens is 1. The van der Waals surface area contributed by atoms with Gasteiger partial charge in [0.25, 0.3) is 5.69 Å². The Balaban J connectivity index is 1.83. The van der Waals surface area contributed by atoms with Crippen LogP contribution in [0, 0.1) is 10.1 Å². The van der Waals surface area contributed by atoms with Gasteiger partial charge in [-0.3, -0.25) is 10.1 Å². The van der Waals surface area contributed by atoms with E-state index in [0.29, 0.717) is 10.7 Å². The second-order valence-corrected chi connectivity index (χ2v) is 7.59. The molecular weight excluding hydrogens is 436 g/mol. The van der Waals surface area contributed by atoms with E-state index in [4.69, 9.17) is 0 Å². The summed E-state index contributed by atoms with van der Waals surface area (Å²) in [5.74, 6) is -0.0348. The number of hydrogen-bond acceptors (Lipinski definition) is 8. The monoisotopic (exact) mass is 452 g/mol. The average Bonchev–Trinajstić information content (AvgIpc) is 3.30. The predicted octanol–water partition coefficient (Wildman–Crippen LogP) is 4.05. The van der Waals surface area contributed by atoms with Crippen molar-refractivity contribution < 1.29 is 10.0 Å². The Hall–Kier alpha value is -2.53. The maximum Gasteiger partial charge on any atom is 0.271 e. The van der Waals surface area contributed by atoms with Gasteiger partial charge in [-0.05, 0) is 28.8 Å². The zero-order valence-corrected chi connectivity index (χ0v) is 16.8. The minimum atomic E-state index is -0.497. The van der Waals surface area contributed by atoms with Gasteiger partial charge in [0.2, 0.25) is 0 Å². The second-order valence-electron chi connectivity index (χ2n) is 5.76. The number of phenolic OH excluding ortho intramolecular Hbond substituents is 1. The Labute approximate surface area is 167 Å². The van der Waals surface area contributed by atoms with Crippen molar-refractivity contribution in [2.75, 3.05) is 5.32 Å². The third-order valence-corrected chi connectivity index (χ3v) is 5.49. The van der Waals surface area contributed by atoms with E-state index < -0.39 is 4.92 Å². The van der Waals surface area contributed by atoms with Crippen molar-refractivity contribution in [2.45, 2.75) is 32.7 Å². The summed E-state index contributed by atoms with van der Waals surface area (Å²) in [5, 5.41) is 30.0. The first kappa shape index (κ1) is 19.2. The fraction of sp³-hybridized carbons (Fsp3) is 0.312. The van der Waals surface area contributed by atoms with Crippen LogP contribution in [0.1, 0.15) is 31.0 Å². The summed E-state index contributed by atoms with van der Waals surface area (Å²) < 4.78 is 1.95. The number of rotatable bonds is 8. The smallest absolute Gasteiger partial charge is 0.271 e. The lowest BCUT2D eigenvalue weighted by Gasteiger charge is -2.07. The van der Waals surface area contributed by atoms with Crippen LogP contribution in [0.3, 0.4) is 0 Å². The van der Waals surface area contributed by atoms with Gasteiger partial charge in [-0.25, -0.2) is 14.6 Å². The number of non-ortho nitro benzene ring substituents is 1. The van der Waals surface area contributed by atoms with Crippen molar-refractivity contribution in [1.82, 2.24) is 19.7 Å². The van der Waals surface area contributed by atoms with Gasteiger partial charge < -0.3 is 10.4 Å². The molecular formula is C16H17BrN6O3S. The molecule has 11 heteroatoms. The summed E-state index contributed by atoms with van der Waals surface area (Å²) in [5.41, 5.74) is 1.23. The lowest BCUT2D eigenvalue weighted by molar-refractivity contribution is -0.385. The zero-order valence-electron chi connectivity index (χ0n) is 14.4. The molecule has 2 N–H and O–H groups in total. The SMILES string of the molecule is CCCCc1nc(NCc2cc([N+](=O)[O-])cc(Br)c2O)sc1-n1cncn1. The number of phenols is 1. The Morgan fingerprint density at radius 1 is 1.44 bits per heavy atom. The molecule has 0 amide bonds. The first-order valence-corrected chi connectivity index (χ1v) is 9.85. The molecule has 1 aromatic carbocycles. The number of nitrogens with one attached hydrogen (secondary N) is 1. The molecule has 3 rings (SSSR count). The third-order valence-electron chi connectivity index (χ3n) is 3.84. The molecule has 0 aliphatic carbocycles. The molecule has 0 saturated heterocycles. The molecule has 0 atom stereocenters. The number of benzene rings is 1. The number of aryl methyl sites for hydroxylation is 1. The van der Waals surface area contributed by atoms with Gasteiger partial charge in [0.15, 0.2) is 5.13 Å². The van der Waals surface area contributed by atoms with E-state index in [9.17, 15) is 15.2 Å². The topological polar surface area (TPSA) is 119 Å².